The molecule has 14 heteroatoms. The van der Waals surface area contributed by atoms with Crippen LogP contribution in [-0.2, 0) is 40.4 Å². The summed E-state index contributed by atoms with van der Waals surface area (Å²) in [5.74, 6) is -2.00. The number of rotatable bonds is 5. The van der Waals surface area contributed by atoms with Crippen LogP contribution in [-0.4, -0.2) is 67.6 Å². The molecule has 0 spiro atoms. The third-order valence-electron chi connectivity index (χ3n) is 4.28. The fourth-order valence-electron chi connectivity index (χ4n) is 3.17. The lowest BCUT2D eigenvalue weighted by Gasteiger charge is -2.23. The summed E-state index contributed by atoms with van der Waals surface area (Å²) < 4.78 is 23.3. The van der Waals surface area contributed by atoms with Gasteiger partial charge in [0.05, 0.1) is 0 Å². The molecule has 2 N–H and O–H groups in total. The molecule has 0 saturated carbocycles. The van der Waals surface area contributed by atoms with Gasteiger partial charge < -0.3 is 24.7 Å². The van der Waals surface area contributed by atoms with Gasteiger partial charge in [-0.3, -0.25) is 23.9 Å². The summed E-state index contributed by atoms with van der Waals surface area (Å²) >= 11 is 0. The molecule has 14 nitrogen and oxygen atoms in total. The molecule has 0 bridgehead atoms. The van der Waals surface area contributed by atoms with E-state index in [-0.39, 0.29) is 23.5 Å². The molecule has 0 radical (unpaired) electrons. The van der Waals surface area contributed by atoms with Crippen LogP contribution in [0.2, 0.25) is 0 Å². The molecule has 2 aromatic rings. The molecular formula is C16H20N6O8. The minimum Gasteiger partial charge on any atom is -0.463 e. The van der Waals surface area contributed by atoms with Crippen molar-refractivity contribution in [3.63, 3.8) is 0 Å². The van der Waals surface area contributed by atoms with E-state index in [2.05, 4.69) is 15.4 Å². The maximum atomic E-state index is 13.0. The number of hydrogen-bond donors (Lipinski definition) is 1. The number of nitrogens with zero attached hydrogens (tertiary/aromatic N) is 5. The fourth-order valence-corrected chi connectivity index (χ4v) is 3.17. The molecule has 4 unspecified atom stereocenters. The Balaban J connectivity index is 2.07. The summed E-state index contributed by atoms with van der Waals surface area (Å²) in [7, 11) is 1.50. The number of ether oxygens (including phenoxy) is 4. The van der Waals surface area contributed by atoms with E-state index in [1.54, 1.807) is 0 Å². The predicted molar refractivity (Wildman–Crippen MR) is 96.6 cm³/mol. The monoisotopic (exact) mass is 424 g/mol. The fraction of sp³-hybridized carbons (Fsp3) is 0.562. The van der Waals surface area contributed by atoms with Crippen molar-refractivity contribution >= 4 is 34.8 Å². The average Bonchev–Trinajstić information content (AvgIpc) is 3.11. The molecule has 1 aliphatic rings. The third-order valence-corrected chi connectivity index (χ3v) is 4.28. The van der Waals surface area contributed by atoms with Crippen molar-refractivity contribution in [1.29, 1.82) is 0 Å². The van der Waals surface area contributed by atoms with E-state index in [1.165, 1.54) is 18.7 Å². The van der Waals surface area contributed by atoms with Crippen LogP contribution < -0.4 is 11.3 Å². The molecule has 30 heavy (non-hydrogen) atoms. The van der Waals surface area contributed by atoms with Crippen LogP contribution in [0.15, 0.2) is 4.79 Å². The van der Waals surface area contributed by atoms with Crippen LogP contribution in [0.5, 0.6) is 0 Å². The molecule has 2 aromatic heterocycles. The van der Waals surface area contributed by atoms with Crippen molar-refractivity contribution in [3.05, 3.63) is 10.4 Å². The Kier molecular flexibility index (Phi) is 5.69. The van der Waals surface area contributed by atoms with Crippen LogP contribution in [0.1, 0.15) is 27.0 Å². The SMILES string of the molecule is CC(=O)OCC1OC(n2nnc3c(N)nn(C)c3c2=O)C(OC(C)=O)C1OC(C)=O. The van der Waals surface area contributed by atoms with Crippen molar-refractivity contribution in [1.82, 2.24) is 24.8 Å². The predicted octanol–water partition coefficient (Wildman–Crippen LogP) is -1.57. The second-order valence-electron chi connectivity index (χ2n) is 6.56. The summed E-state index contributed by atoms with van der Waals surface area (Å²) in [6.07, 6.45) is -4.79. The molecule has 1 fully saturated rings. The number of esters is 3. The van der Waals surface area contributed by atoms with Crippen LogP contribution in [0.3, 0.4) is 0 Å². The average molecular weight is 424 g/mol. The molecule has 0 amide bonds. The zero-order chi connectivity index (χ0) is 22.2. The first-order valence-electron chi connectivity index (χ1n) is 8.81. The van der Waals surface area contributed by atoms with Gasteiger partial charge in [0.1, 0.15) is 12.7 Å². The van der Waals surface area contributed by atoms with Gasteiger partial charge in [0.2, 0.25) is 0 Å². The minimum atomic E-state index is -1.32. The van der Waals surface area contributed by atoms with Crippen molar-refractivity contribution in [2.24, 2.45) is 7.05 Å². The molecule has 162 valence electrons. The van der Waals surface area contributed by atoms with Gasteiger partial charge in [-0.15, -0.1) is 5.10 Å². The largest absolute Gasteiger partial charge is 0.463 e. The van der Waals surface area contributed by atoms with Gasteiger partial charge in [-0.25, -0.2) is 0 Å². The maximum absolute atomic E-state index is 13.0. The van der Waals surface area contributed by atoms with E-state index in [0.717, 1.165) is 18.5 Å². The number of nitrogen functional groups attached to an aromatic ring is 1. The first-order valence-corrected chi connectivity index (χ1v) is 8.81. The van der Waals surface area contributed by atoms with Gasteiger partial charge >= 0.3 is 17.9 Å². The van der Waals surface area contributed by atoms with E-state index >= 15 is 0 Å². The number of nitrogens with two attached hydrogens (primary N) is 1. The van der Waals surface area contributed by atoms with Gasteiger partial charge in [0, 0.05) is 27.8 Å². The topological polar surface area (TPSA) is 180 Å². The second-order valence-corrected chi connectivity index (χ2v) is 6.56. The summed E-state index contributed by atoms with van der Waals surface area (Å²) in [6, 6.07) is 0. The quantitative estimate of drug-likeness (QED) is 0.431. The zero-order valence-corrected chi connectivity index (χ0v) is 16.6. The zero-order valence-electron chi connectivity index (χ0n) is 16.6. The Bertz CT molecular complexity index is 1060. The number of fused-ring (bicyclic) bond motifs is 1. The molecule has 0 aromatic carbocycles. The van der Waals surface area contributed by atoms with Crippen molar-refractivity contribution in [2.75, 3.05) is 12.3 Å². The van der Waals surface area contributed by atoms with Crippen LogP contribution >= 0.6 is 0 Å². The van der Waals surface area contributed by atoms with Gasteiger partial charge in [-0.05, 0) is 0 Å². The van der Waals surface area contributed by atoms with Gasteiger partial charge in [0.15, 0.2) is 35.3 Å². The standard InChI is InChI=1S/C16H20N6O8/c1-6(23)27-5-9-12(28-7(2)24)13(29-8(3)25)16(30-9)22-15(26)11-10(18-20-22)14(17)19-21(11)4/h9,12-13,16H,5H2,1-4H3,(H2,17,19). The molecule has 3 rings (SSSR count). The highest BCUT2D eigenvalue weighted by Gasteiger charge is 2.51. The second kappa shape index (κ2) is 8.06. The molecule has 0 aliphatic carbocycles. The van der Waals surface area contributed by atoms with E-state index in [4.69, 9.17) is 24.7 Å². The Morgan fingerprint density at radius 3 is 2.33 bits per heavy atom. The summed E-state index contributed by atoms with van der Waals surface area (Å²) in [5, 5.41) is 11.6. The maximum Gasteiger partial charge on any atom is 0.303 e. The van der Waals surface area contributed by atoms with Gasteiger partial charge in [0.25, 0.3) is 5.56 Å². The summed E-state index contributed by atoms with van der Waals surface area (Å²) in [4.78, 5) is 47.5. The van der Waals surface area contributed by atoms with Gasteiger partial charge in [-0.1, -0.05) is 5.21 Å². The van der Waals surface area contributed by atoms with E-state index in [9.17, 15) is 19.2 Å². The highest BCUT2D eigenvalue weighted by molar-refractivity contribution is 5.83. The summed E-state index contributed by atoms with van der Waals surface area (Å²) in [5.41, 5.74) is 5.18. The van der Waals surface area contributed by atoms with Crippen molar-refractivity contribution < 1.29 is 33.3 Å². The molecule has 3 heterocycles. The lowest BCUT2D eigenvalue weighted by atomic mass is 10.1. The number of carbonyl (C=O) groups is 3. The Labute approximate surface area is 168 Å². The van der Waals surface area contributed by atoms with E-state index in [1.807, 2.05) is 0 Å². The number of carbonyl (C=O) groups excluding carboxylic acids is 3. The molecule has 4 atom stereocenters. The van der Waals surface area contributed by atoms with Crippen LogP contribution in [0, 0.1) is 0 Å². The highest BCUT2D eigenvalue weighted by Crippen LogP contribution is 2.33. The molecular weight excluding hydrogens is 404 g/mol. The minimum absolute atomic E-state index is 0.0126. The van der Waals surface area contributed by atoms with E-state index < -0.39 is 48.0 Å². The van der Waals surface area contributed by atoms with Crippen LogP contribution in [0.25, 0.3) is 11.0 Å². The van der Waals surface area contributed by atoms with Crippen molar-refractivity contribution in [2.45, 2.75) is 45.3 Å². The van der Waals surface area contributed by atoms with Gasteiger partial charge in [-0.2, -0.15) is 9.78 Å². The molecule has 1 saturated heterocycles. The first-order chi connectivity index (χ1) is 14.1. The number of anilines is 1. The number of aryl methyl sites for hydroxylation is 1. The molecule has 1 aliphatic heterocycles. The van der Waals surface area contributed by atoms with E-state index in [0.29, 0.717) is 0 Å². The highest BCUT2D eigenvalue weighted by atomic mass is 16.7. The first kappa shape index (κ1) is 21.2. The van der Waals surface area contributed by atoms with Crippen LogP contribution in [0.4, 0.5) is 5.82 Å². The Morgan fingerprint density at radius 2 is 1.73 bits per heavy atom. The Hall–Kier alpha value is -3.55. The lowest BCUT2D eigenvalue weighted by molar-refractivity contribution is -0.166. The lowest BCUT2D eigenvalue weighted by Crippen LogP contribution is -2.42. The summed E-state index contributed by atoms with van der Waals surface area (Å²) in [6.45, 7) is 3.16. The third kappa shape index (κ3) is 3.94. The number of hydrogen-bond acceptors (Lipinski definition) is 12. The normalized spacial score (nSPS) is 23.3. The van der Waals surface area contributed by atoms with Crippen molar-refractivity contribution in [3.8, 4) is 0 Å². The smallest absolute Gasteiger partial charge is 0.303 e. The Morgan fingerprint density at radius 1 is 1.10 bits per heavy atom. The number of aromatic nitrogens is 5.